The molecule has 0 saturated heterocycles. The Morgan fingerprint density at radius 1 is 1.04 bits per heavy atom. The molecule has 2 aromatic carbocycles. The number of aryl methyl sites for hydroxylation is 2. The van der Waals surface area contributed by atoms with Crippen molar-refractivity contribution in [1.82, 2.24) is 9.56 Å². The lowest BCUT2D eigenvalue weighted by Gasteiger charge is -2.08. The molecule has 116 valence electrons. The number of fused-ring (bicyclic) bond motifs is 4. The predicted octanol–water partition coefficient (Wildman–Crippen LogP) is 4.03. The number of pyridine rings is 1. The zero-order valence-corrected chi connectivity index (χ0v) is 13.5. The molecule has 0 aliphatic rings. The van der Waals surface area contributed by atoms with Crippen LogP contribution in [0.4, 0.5) is 0 Å². The predicted molar refractivity (Wildman–Crippen MR) is 93.8 cm³/mol. The van der Waals surface area contributed by atoms with Gasteiger partial charge in [-0.15, -0.1) is 0 Å². The number of nitrogens with zero attached hydrogens (tertiary/aromatic N) is 3. The molecule has 0 amide bonds. The van der Waals surface area contributed by atoms with Crippen molar-refractivity contribution < 1.29 is 9.09 Å². The molecule has 4 nitrogen and oxygen atoms in total. The Hall–Kier alpha value is -3.14. The highest BCUT2D eigenvalue weighted by molar-refractivity contribution is 6.02. The first-order valence-corrected chi connectivity index (χ1v) is 7.97. The van der Waals surface area contributed by atoms with Crippen LogP contribution in [0.25, 0.3) is 38.7 Å². The van der Waals surface area contributed by atoms with E-state index in [1.54, 1.807) is 10.8 Å². The van der Waals surface area contributed by atoms with E-state index in [9.17, 15) is 0 Å². The van der Waals surface area contributed by atoms with Crippen molar-refractivity contribution in [1.29, 1.82) is 0 Å². The fraction of sp³-hybridized carbons (Fsp3) is 0.100. The average Bonchev–Trinajstić information content (AvgIpc) is 3.17. The van der Waals surface area contributed by atoms with Gasteiger partial charge in [0, 0.05) is 12.1 Å². The summed E-state index contributed by atoms with van der Waals surface area (Å²) in [6.45, 7) is 2.14. The number of benzene rings is 2. The van der Waals surface area contributed by atoms with Crippen LogP contribution in [-0.4, -0.2) is 9.56 Å². The lowest BCUT2D eigenvalue weighted by Crippen LogP contribution is -2.30. The van der Waals surface area contributed by atoms with Gasteiger partial charge in [0.25, 0.3) is 0 Å². The Morgan fingerprint density at radius 2 is 1.92 bits per heavy atom. The highest BCUT2D eigenvalue weighted by atomic mass is 16.5. The Bertz CT molecular complexity index is 1230. The molecule has 5 rings (SSSR count). The Kier molecular flexibility index (Phi) is 2.59. The summed E-state index contributed by atoms with van der Waals surface area (Å²) in [6.07, 6.45) is 3.77. The summed E-state index contributed by atoms with van der Waals surface area (Å²) < 4.78 is 9.52. The highest BCUT2D eigenvalue weighted by Crippen LogP contribution is 2.34. The maximum Gasteiger partial charge on any atom is 0.222 e. The van der Waals surface area contributed by atoms with E-state index in [0.717, 1.165) is 22.2 Å². The molecule has 0 saturated carbocycles. The topological polar surface area (TPSA) is 34.3 Å². The van der Waals surface area contributed by atoms with Gasteiger partial charge in [-0.2, -0.15) is 4.57 Å². The van der Waals surface area contributed by atoms with E-state index in [1.165, 1.54) is 22.0 Å². The molecular formula is C20H16N3O+. The van der Waals surface area contributed by atoms with Crippen LogP contribution < -0.4 is 4.57 Å². The van der Waals surface area contributed by atoms with Crippen molar-refractivity contribution in [3.63, 3.8) is 0 Å². The third kappa shape index (κ3) is 1.68. The molecule has 0 atom stereocenters. The Balaban J connectivity index is 2.00. The van der Waals surface area contributed by atoms with Gasteiger partial charge in [-0.1, -0.05) is 24.3 Å². The van der Waals surface area contributed by atoms with E-state index < -0.39 is 0 Å². The van der Waals surface area contributed by atoms with E-state index in [2.05, 4.69) is 67.2 Å². The van der Waals surface area contributed by atoms with Crippen LogP contribution in [0.5, 0.6) is 0 Å². The number of imidazole rings is 1. The number of aromatic nitrogens is 3. The monoisotopic (exact) mass is 314 g/mol. The zero-order chi connectivity index (χ0) is 16.3. The van der Waals surface area contributed by atoms with Crippen molar-refractivity contribution in [3.8, 4) is 11.3 Å². The summed E-state index contributed by atoms with van der Waals surface area (Å²) in [7, 11) is 2.08. The second kappa shape index (κ2) is 4.68. The molecule has 0 spiro atoms. The first-order valence-electron chi connectivity index (χ1n) is 7.97. The summed E-state index contributed by atoms with van der Waals surface area (Å²) in [5.74, 6) is 0. The van der Waals surface area contributed by atoms with Crippen LogP contribution >= 0.6 is 0 Å². The molecule has 0 N–H and O–H groups in total. The minimum Gasteiger partial charge on any atom is -0.381 e. The van der Waals surface area contributed by atoms with Crippen molar-refractivity contribution in [2.24, 2.45) is 7.05 Å². The van der Waals surface area contributed by atoms with Gasteiger partial charge in [0.2, 0.25) is 5.69 Å². The minimum absolute atomic E-state index is 0.833. The molecule has 0 radical (unpaired) electrons. The number of rotatable bonds is 1. The lowest BCUT2D eigenvalue weighted by atomic mass is 9.98. The fourth-order valence-electron chi connectivity index (χ4n) is 3.53. The first kappa shape index (κ1) is 13.3. The van der Waals surface area contributed by atoms with E-state index in [0.29, 0.717) is 0 Å². The summed E-state index contributed by atoms with van der Waals surface area (Å²) in [6, 6.07) is 16.7. The van der Waals surface area contributed by atoms with Gasteiger partial charge in [-0.3, -0.25) is 0 Å². The first-order chi connectivity index (χ1) is 11.7. The average molecular weight is 314 g/mol. The summed E-state index contributed by atoms with van der Waals surface area (Å²) >= 11 is 0. The van der Waals surface area contributed by atoms with Gasteiger partial charge in [0.05, 0.1) is 10.9 Å². The molecule has 5 aromatic rings. The van der Waals surface area contributed by atoms with Crippen LogP contribution in [0.1, 0.15) is 5.56 Å². The summed E-state index contributed by atoms with van der Waals surface area (Å²) in [5, 5.41) is 2.45. The highest BCUT2D eigenvalue weighted by Gasteiger charge is 2.22. The molecule has 3 aromatic heterocycles. The molecule has 0 fully saturated rings. The number of hydrogen-bond acceptors (Lipinski definition) is 2. The SMILES string of the molecule is Cc1ccc2c(nc3ccon32)c1-c1c2ccccc2cc[n+]1C. The van der Waals surface area contributed by atoms with Gasteiger partial charge in [-0.25, -0.2) is 9.55 Å². The normalized spacial score (nSPS) is 11.8. The second-order valence-electron chi connectivity index (χ2n) is 6.16. The van der Waals surface area contributed by atoms with Crippen molar-refractivity contribution >= 4 is 27.5 Å². The molecule has 0 aliphatic heterocycles. The van der Waals surface area contributed by atoms with E-state index >= 15 is 0 Å². The van der Waals surface area contributed by atoms with E-state index in [4.69, 9.17) is 9.51 Å². The molecule has 4 heteroatoms. The van der Waals surface area contributed by atoms with E-state index in [1.807, 2.05) is 6.07 Å². The van der Waals surface area contributed by atoms with Gasteiger partial charge < -0.3 is 4.52 Å². The zero-order valence-electron chi connectivity index (χ0n) is 13.5. The molecule has 24 heavy (non-hydrogen) atoms. The standard InChI is InChI=1S/C20H16N3O/c1-13-7-8-16-19(21-17-10-12-24-23(16)17)18(13)20-15-6-4-3-5-14(15)9-11-22(20)2/h3-12H,1-2H3/q+1. The smallest absolute Gasteiger partial charge is 0.222 e. The Labute approximate surface area is 138 Å². The van der Waals surface area contributed by atoms with Gasteiger partial charge >= 0.3 is 0 Å². The van der Waals surface area contributed by atoms with Crippen molar-refractivity contribution in [2.75, 3.05) is 0 Å². The van der Waals surface area contributed by atoms with Crippen molar-refractivity contribution in [3.05, 3.63) is 66.6 Å². The quantitative estimate of drug-likeness (QED) is 0.438. The van der Waals surface area contributed by atoms with Crippen LogP contribution in [0.2, 0.25) is 0 Å². The van der Waals surface area contributed by atoms with Crippen LogP contribution in [0.15, 0.2) is 65.5 Å². The third-order valence-electron chi connectivity index (χ3n) is 4.68. The summed E-state index contributed by atoms with van der Waals surface area (Å²) in [5.41, 5.74) is 6.34. The van der Waals surface area contributed by atoms with Gasteiger partial charge in [-0.05, 0) is 30.0 Å². The minimum atomic E-state index is 0.833. The fourth-order valence-corrected chi connectivity index (χ4v) is 3.53. The molecule has 0 bridgehead atoms. The molecule has 0 aliphatic carbocycles. The van der Waals surface area contributed by atoms with Crippen molar-refractivity contribution in [2.45, 2.75) is 6.92 Å². The maximum absolute atomic E-state index is 5.57. The van der Waals surface area contributed by atoms with Gasteiger partial charge in [0.15, 0.2) is 11.8 Å². The van der Waals surface area contributed by atoms with E-state index in [-0.39, 0.29) is 0 Å². The molecule has 3 heterocycles. The third-order valence-corrected chi connectivity index (χ3v) is 4.68. The molecule has 0 unspecified atom stereocenters. The largest absolute Gasteiger partial charge is 0.381 e. The maximum atomic E-state index is 5.57. The van der Waals surface area contributed by atoms with Crippen LogP contribution in [0, 0.1) is 6.92 Å². The lowest BCUT2D eigenvalue weighted by molar-refractivity contribution is -0.659. The summed E-state index contributed by atoms with van der Waals surface area (Å²) in [4.78, 5) is 4.82. The Morgan fingerprint density at radius 3 is 2.83 bits per heavy atom. The molecular weight excluding hydrogens is 298 g/mol. The van der Waals surface area contributed by atoms with Crippen LogP contribution in [0.3, 0.4) is 0 Å². The second-order valence-corrected chi connectivity index (χ2v) is 6.16. The van der Waals surface area contributed by atoms with Crippen LogP contribution in [-0.2, 0) is 7.05 Å². The number of hydrogen-bond donors (Lipinski definition) is 0. The van der Waals surface area contributed by atoms with Gasteiger partial charge in [0.1, 0.15) is 24.3 Å².